The lowest BCUT2D eigenvalue weighted by Crippen LogP contribution is -2.50. The molecule has 1 aromatic rings. The van der Waals surface area contributed by atoms with E-state index in [0.29, 0.717) is 0 Å². The van der Waals surface area contributed by atoms with Gasteiger partial charge < -0.3 is 10.2 Å². The second-order valence-corrected chi connectivity index (χ2v) is 6.46. The molecule has 2 nitrogen and oxygen atoms in total. The maximum atomic E-state index is 6.22. The second-order valence-electron chi connectivity index (χ2n) is 5.26. The van der Waals surface area contributed by atoms with Crippen molar-refractivity contribution in [3.8, 4) is 0 Å². The minimum Gasteiger partial charge on any atom is -0.369 e. The standard InChI is InChI=1S/C15H22BrClN2/c1-3-15(4-2)11-19(10-6-9-18-15)13-8-5-7-12(17)14(13)16/h5,7-8,18H,3-4,6,9-11H2,1-2H3. The number of nitrogens with one attached hydrogen (secondary N) is 1. The Morgan fingerprint density at radius 1 is 1.37 bits per heavy atom. The van der Waals surface area contributed by atoms with Crippen molar-refractivity contribution in [1.29, 1.82) is 0 Å². The predicted octanol–water partition coefficient (Wildman–Crippen LogP) is 4.46. The van der Waals surface area contributed by atoms with Gasteiger partial charge >= 0.3 is 0 Å². The number of nitrogens with zero attached hydrogens (tertiary/aromatic N) is 1. The molecule has 1 fully saturated rings. The molecule has 0 bridgehead atoms. The monoisotopic (exact) mass is 344 g/mol. The van der Waals surface area contributed by atoms with Gasteiger partial charge in [0.05, 0.1) is 15.2 Å². The molecule has 0 aliphatic carbocycles. The van der Waals surface area contributed by atoms with Crippen molar-refractivity contribution >= 4 is 33.2 Å². The van der Waals surface area contributed by atoms with Gasteiger partial charge in [-0.15, -0.1) is 0 Å². The average molecular weight is 346 g/mol. The highest BCUT2D eigenvalue weighted by Gasteiger charge is 2.31. The molecule has 4 heteroatoms. The molecule has 0 atom stereocenters. The molecule has 2 rings (SSSR count). The first-order valence-corrected chi connectivity index (χ1v) is 8.23. The van der Waals surface area contributed by atoms with Gasteiger partial charge in [-0.1, -0.05) is 31.5 Å². The van der Waals surface area contributed by atoms with Crippen LogP contribution in [0.4, 0.5) is 5.69 Å². The molecule has 0 spiro atoms. The quantitative estimate of drug-likeness (QED) is 0.870. The largest absolute Gasteiger partial charge is 0.369 e. The molecular weight excluding hydrogens is 324 g/mol. The Balaban J connectivity index is 2.30. The maximum absolute atomic E-state index is 6.22. The third kappa shape index (κ3) is 3.26. The van der Waals surface area contributed by atoms with Gasteiger partial charge in [-0.3, -0.25) is 0 Å². The van der Waals surface area contributed by atoms with E-state index >= 15 is 0 Å². The van der Waals surface area contributed by atoms with Crippen molar-refractivity contribution in [2.45, 2.75) is 38.6 Å². The van der Waals surface area contributed by atoms with E-state index < -0.39 is 0 Å². The topological polar surface area (TPSA) is 15.3 Å². The molecule has 1 heterocycles. The highest BCUT2D eigenvalue weighted by Crippen LogP contribution is 2.34. The molecule has 0 aromatic heterocycles. The van der Waals surface area contributed by atoms with Crippen LogP contribution in [0.3, 0.4) is 0 Å². The van der Waals surface area contributed by atoms with Gasteiger partial charge in [0.1, 0.15) is 0 Å². The van der Waals surface area contributed by atoms with E-state index in [-0.39, 0.29) is 5.54 Å². The first-order chi connectivity index (χ1) is 9.12. The highest BCUT2D eigenvalue weighted by molar-refractivity contribution is 9.10. The van der Waals surface area contributed by atoms with Crippen LogP contribution in [0, 0.1) is 0 Å². The fourth-order valence-corrected chi connectivity index (χ4v) is 3.47. The summed E-state index contributed by atoms with van der Waals surface area (Å²) in [5.41, 5.74) is 1.43. The molecule has 1 N–H and O–H groups in total. The smallest absolute Gasteiger partial charge is 0.0595 e. The highest BCUT2D eigenvalue weighted by atomic mass is 79.9. The van der Waals surface area contributed by atoms with E-state index in [9.17, 15) is 0 Å². The van der Waals surface area contributed by atoms with Crippen LogP contribution in [0.1, 0.15) is 33.1 Å². The fourth-order valence-electron chi connectivity index (χ4n) is 2.79. The lowest BCUT2D eigenvalue weighted by atomic mass is 9.92. The summed E-state index contributed by atoms with van der Waals surface area (Å²) >= 11 is 9.85. The van der Waals surface area contributed by atoms with Crippen LogP contribution in [0.25, 0.3) is 0 Å². The van der Waals surface area contributed by atoms with E-state index in [0.717, 1.165) is 42.0 Å². The SMILES string of the molecule is CCC1(CC)CN(c2cccc(Cl)c2Br)CCCN1. The lowest BCUT2D eigenvalue weighted by molar-refractivity contribution is 0.321. The van der Waals surface area contributed by atoms with Crippen LogP contribution >= 0.6 is 27.5 Å². The summed E-state index contributed by atoms with van der Waals surface area (Å²) in [4.78, 5) is 2.46. The van der Waals surface area contributed by atoms with Crippen LogP contribution in [0.5, 0.6) is 0 Å². The van der Waals surface area contributed by atoms with Crippen molar-refractivity contribution in [1.82, 2.24) is 5.32 Å². The third-order valence-electron chi connectivity index (χ3n) is 4.22. The maximum Gasteiger partial charge on any atom is 0.0595 e. The number of hydrogen-bond acceptors (Lipinski definition) is 2. The molecule has 0 amide bonds. The third-order valence-corrected chi connectivity index (χ3v) is 5.60. The summed E-state index contributed by atoms with van der Waals surface area (Å²) in [6, 6.07) is 6.11. The zero-order valence-corrected chi connectivity index (χ0v) is 14.0. The molecule has 1 aromatic carbocycles. The molecule has 0 saturated carbocycles. The summed E-state index contributed by atoms with van der Waals surface area (Å²) in [5.74, 6) is 0. The number of rotatable bonds is 3. The predicted molar refractivity (Wildman–Crippen MR) is 87.3 cm³/mol. The Morgan fingerprint density at radius 3 is 2.79 bits per heavy atom. The van der Waals surface area contributed by atoms with Crippen molar-refractivity contribution in [3.05, 3.63) is 27.7 Å². The number of halogens is 2. The molecule has 1 saturated heterocycles. The van der Waals surface area contributed by atoms with Crippen molar-refractivity contribution in [2.75, 3.05) is 24.5 Å². The van der Waals surface area contributed by atoms with E-state index in [1.54, 1.807) is 0 Å². The first kappa shape index (κ1) is 15.1. The number of benzene rings is 1. The molecule has 1 aliphatic heterocycles. The molecular formula is C15H22BrClN2. The van der Waals surface area contributed by atoms with Gasteiger partial charge in [-0.05, 0) is 53.9 Å². The van der Waals surface area contributed by atoms with E-state index in [2.05, 4.69) is 46.1 Å². The normalized spacial score (nSPS) is 19.3. The van der Waals surface area contributed by atoms with Crippen molar-refractivity contribution in [2.24, 2.45) is 0 Å². The molecule has 1 aliphatic rings. The Morgan fingerprint density at radius 2 is 2.11 bits per heavy atom. The van der Waals surface area contributed by atoms with Gasteiger partial charge in [0.2, 0.25) is 0 Å². The van der Waals surface area contributed by atoms with Crippen LogP contribution in [-0.4, -0.2) is 25.2 Å². The van der Waals surface area contributed by atoms with Crippen LogP contribution in [0.2, 0.25) is 5.02 Å². The van der Waals surface area contributed by atoms with Gasteiger partial charge in [-0.2, -0.15) is 0 Å². The minimum atomic E-state index is 0.220. The van der Waals surface area contributed by atoms with E-state index in [1.807, 2.05) is 12.1 Å². The first-order valence-electron chi connectivity index (χ1n) is 7.06. The molecule has 0 unspecified atom stereocenters. The zero-order chi connectivity index (χ0) is 13.9. The summed E-state index contributed by atoms with van der Waals surface area (Å²) < 4.78 is 1.01. The van der Waals surface area contributed by atoms with Gasteiger partial charge in [0.25, 0.3) is 0 Å². The summed E-state index contributed by atoms with van der Waals surface area (Å²) in [6.07, 6.45) is 3.47. The van der Waals surface area contributed by atoms with E-state index in [4.69, 9.17) is 11.6 Å². The second kappa shape index (κ2) is 6.47. The van der Waals surface area contributed by atoms with Crippen LogP contribution < -0.4 is 10.2 Å². The van der Waals surface area contributed by atoms with Gasteiger partial charge in [0, 0.05) is 18.6 Å². The summed E-state index contributed by atoms with van der Waals surface area (Å²) in [7, 11) is 0. The fraction of sp³-hybridized carbons (Fsp3) is 0.600. The Kier molecular flexibility index (Phi) is 5.15. The molecule has 0 radical (unpaired) electrons. The minimum absolute atomic E-state index is 0.220. The summed E-state index contributed by atoms with van der Waals surface area (Å²) in [6.45, 7) is 7.75. The van der Waals surface area contributed by atoms with Gasteiger partial charge in [-0.25, -0.2) is 0 Å². The van der Waals surface area contributed by atoms with Crippen molar-refractivity contribution < 1.29 is 0 Å². The Hall–Kier alpha value is -0.250. The molecule has 106 valence electrons. The lowest BCUT2D eigenvalue weighted by Gasteiger charge is -2.36. The van der Waals surface area contributed by atoms with Crippen LogP contribution in [0.15, 0.2) is 22.7 Å². The molecule has 19 heavy (non-hydrogen) atoms. The number of hydrogen-bond donors (Lipinski definition) is 1. The van der Waals surface area contributed by atoms with Crippen LogP contribution in [-0.2, 0) is 0 Å². The average Bonchev–Trinajstić information content (AvgIpc) is 2.65. The Labute approximate surface area is 129 Å². The Bertz CT molecular complexity index is 432. The van der Waals surface area contributed by atoms with Crippen molar-refractivity contribution in [3.63, 3.8) is 0 Å². The van der Waals surface area contributed by atoms with E-state index in [1.165, 1.54) is 12.1 Å². The summed E-state index contributed by atoms with van der Waals surface area (Å²) in [5, 5.41) is 4.52. The van der Waals surface area contributed by atoms with Gasteiger partial charge in [0.15, 0.2) is 0 Å². The number of anilines is 1. The zero-order valence-electron chi connectivity index (χ0n) is 11.7.